The summed E-state index contributed by atoms with van der Waals surface area (Å²) in [6.07, 6.45) is 0. The van der Waals surface area contributed by atoms with Crippen molar-refractivity contribution in [3.8, 4) is 0 Å². The first-order valence-electron chi connectivity index (χ1n) is 2.71. The largest absolute Gasteiger partial charge is 0.499 e. The summed E-state index contributed by atoms with van der Waals surface area (Å²) >= 11 is 0.750. The average molecular weight is 173 g/mol. The van der Waals surface area contributed by atoms with Crippen molar-refractivity contribution in [1.82, 2.24) is 0 Å². The molecule has 0 spiro atoms. The van der Waals surface area contributed by atoms with Crippen molar-refractivity contribution in [3.05, 3.63) is 22.2 Å². The van der Waals surface area contributed by atoms with Gasteiger partial charge in [-0.25, -0.2) is 0 Å². The van der Waals surface area contributed by atoms with Crippen LogP contribution < -0.4 is 4.78 Å². The van der Waals surface area contributed by atoms with Crippen LogP contribution in [0.3, 0.4) is 0 Å². The van der Waals surface area contributed by atoms with E-state index in [0.717, 1.165) is 11.3 Å². The van der Waals surface area contributed by atoms with Gasteiger partial charge in [-0.3, -0.25) is 10.1 Å². The highest BCUT2D eigenvalue weighted by Crippen LogP contribution is 2.15. The van der Waals surface area contributed by atoms with Gasteiger partial charge >= 0.3 is 12.1 Å². The molecule has 0 atom stereocenters. The third kappa shape index (κ3) is 1.76. The van der Waals surface area contributed by atoms with Crippen molar-refractivity contribution in [2.24, 2.45) is 0 Å². The van der Waals surface area contributed by atoms with Crippen molar-refractivity contribution >= 4 is 28.2 Å². The van der Waals surface area contributed by atoms with Gasteiger partial charge in [0, 0.05) is 10.8 Å². The molecule has 0 aliphatic heterocycles. The summed E-state index contributed by atoms with van der Waals surface area (Å²) in [5.41, 5.74) is 0. The highest BCUT2D eigenvalue weighted by Gasteiger charge is 2.17. The van der Waals surface area contributed by atoms with Crippen LogP contribution in [0.15, 0.2) is 12.1 Å². The zero-order valence-electron chi connectivity index (χ0n) is 5.30. The average Bonchev–Trinajstić information content (AvgIpc) is 2.33. The summed E-state index contributed by atoms with van der Waals surface area (Å²) in [5.74, 6) is 0. The number of rotatable bonds is 2. The summed E-state index contributed by atoms with van der Waals surface area (Å²) in [5, 5.41) is 27.1. The molecule has 1 aromatic rings. The maximum atomic E-state index is 10.1. The molecule has 1 aromatic heterocycles. The molecule has 58 valence electrons. The Morgan fingerprint density at radius 2 is 2.18 bits per heavy atom. The fourth-order valence-corrected chi connectivity index (χ4v) is 1.27. The molecule has 0 radical (unpaired) electrons. The molecule has 5 nitrogen and oxygen atoms in total. The number of nitrogens with zero attached hydrogens (tertiary/aromatic N) is 1. The molecule has 2 N–H and O–H groups in total. The lowest BCUT2D eigenvalue weighted by molar-refractivity contribution is -0.380. The van der Waals surface area contributed by atoms with E-state index in [1.807, 2.05) is 0 Å². The predicted octanol–water partition coefficient (Wildman–Crippen LogP) is -0.664. The van der Waals surface area contributed by atoms with E-state index in [0.29, 0.717) is 0 Å². The van der Waals surface area contributed by atoms with Gasteiger partial charge in [0.15, 0.2) is 0 Å². The first-order chi connectivity index (χ1) is 5.11. The zero-order valence-corrected chi connectivity index (χ0v) is 6.11. The third-order valence-electron chi connectivity index (χ3n) is 1.05. The molecule has 0 aliphatic rings. The first kappa shape index (κ1) is 8.18. The van der Waals surface area contributed by atoms with Gasteiger partial charge in [-0.1, -0.05) is 11.3 Å². The Balaban J connectivity index is 2.90. The second kappa shape index (κ2) is 2.99. The zero-order chi connectivity index (χ0) is 8.43. The van der Waals surface area contributed by atoms with Crippen LogP contribution in [0.2, 0.25) is 0 Å². The Labute approximate surface area is 66.2 Å². The summed E-state index contributed by atoms with van der Waals surface area (Å²) < 4.78 is 0.178. The molecule has 11 heavy (non-hydrogen) atoms. The van der Waals surface area contributed by atoms with Gasteiger partial charge < -0.3 is 10.0 Å². The van der Waals surface area contributed by atoms with Gasteiger partial charge in [-0.2, -0.15) is 0 Å². The van der Waals surface area contributed by atoms with Crippen molar-refractivity contribution in [2.75, 3.05) is 0 Å². The Morgan fingerprint density at radius 1 is 1.55 bits per heavy atom. The van der Waals surface area contributed by atoms with Crippen LogP contribution in [-0.4, -0.2) is 22.1 Å². The maximum absolute atomic E-state index is 10.1. The van der Waals surface area contributed by atoms with Crippen LogP contribution in [0, 0.1) is 10.1 Å². The molecular weight excluding hydrogens is 169 g/mol. The smallest absolute Gasteiger partial charge is 0.423 e. The summed E-state index contributed by atoms with van der Waals surface area (Å²) in [4.78, 5) is 9.52. The summed E-state index contributed by atoms with van der Waals surface area (Å²) in [7, 11) is -1.62. The molecule has 1 heterocycles. The van der Waals surface area contributed by atoms with E-state index in [-0.39, 0.29) is 9.78 Å². The molecule has 7 heteroatoms. The minimum Gasteiger partial charge on any atom is -0.423 e. The topological polar surface area (TPSA) is 83.6 Å². The third-order valence-corrected chi connectivity index (χ3v) is 2.12. The molecule has 0 bridgehead atoms. The van der Waals surface area contributed by atoms with Crippen LogP contribution in [0.5, 0.6) is 0 Å². The number of nitro groups is 1. The Bertz CT molecular complexity index is 273. The quantitative estimate of drug-likeness (QED) is 0.353. The van der Waals surface area contributed by atoms with E-state index in [2.05, 4.69) is 0 Å². The van der Waals surface area contributed by atoms with Crippen LogP contribution in [0.1, 0.15) is 0 Å². The SMILES string of the molecule is O=[N+]([O-])c1ccc(B(O)O)s1. The van der Waals surface area contributed by atoms with Crippen molar-refractivity contribution in [1.29, 1.82) is 0 Å². The van der Waals surface area contributed by atoms with Gasteiger partial charge in [0.2, 0.25) is 0 Å². The second-order valence-electron chi connectivity index (χ2n) is 1.81. The van der Waals surface area contributed by atoms with E-state index in [4.69, 9.17) is 10.0 Å². The predicted molar refractivity (Wildman–Crippen MR) is 40.8 cm³/mol. The molecule has 0 saturated carbocycles. The number of hydrogen-bond donors (Lipinski definition) is 2. The number of hydrogen-bond acceptors (Lipinski definition) is 5. The lowest BCUT2D eigenvalue weighted by atomic mass is 9.90. The first-order valence-corrected chi connectivity index (χ1v) is 3.53. The van der Waals surface area contributed by atoms with Crippen LogP contribution >= 0.6 is 11.3 Å². The van der Waals surface area contributed by atoms with E-state index in [1.165, 1.54) is 12.1 Å². The van der Waals surface area contributed by atoms with Gasteiger partial charge in [0.25, 0.3) is 0 Å². The molecular formula is C4H4BNO4S. The second-order valence-corrected chi connectivity index (χ2v) is 2.90. The van der Waals surface area contributed by atoms with Crippen molar-refractivity contribution < 1.29 is 15.0 Å². The van der Waals surface area contributed by atoms with Gasteiger partial charge in [-0.15, -0.1) is 0 Å². The fraction of sp³-hybridized carbons (Fsp3) is 0. The van der Waals surface area contributed by atoms with E-state index >= 15 is 0 Å². The monoisotopic (exact) mass is 173 g/mol. The van der Waals surface area contributed by atoms with Gasteiger partial charge in [0.05, 0.1) is 4.92 Å². The molecule has 0 saturated heterocycles. The molecule has 0 fully saturated rings. The van der Waals surface area contributed by atoms with E-state index in [9.17, 15) is 10.1 Å². The highest BCUT2D eigenvalue weighted by molar-refractivity contribution is 7.24. The van der Waals surface area contributed by atoms with Crippen molar-refractivity contribution in [2.45, 2.75) is 0 Å². The highest BCUT2D eigenvalue weighted by atomic mass is 32.1. The summed E-state index contributed by atoms with van der Waals surface area (Å²) in [6, 6.07) is 2.55. The van der Waals surface area contributed by atoms with E-state index < -0.39 is 12.0 Å². The molecule has 0 aliphatic carbocycles. The molecule has 0 amide bonds. The minimum atomic E-state index is -1.62. The molecule has 0 unspecified atom stereocenters. The number of thiophene rings is 1. The Hall–Kier alpha value is -0.915. The molecule has 1 rings (SSSR count). The Kier molecular flexibility index (Phi) is 2.23. The fourth-order valence-electron chi connectivity index (χ4n) is 0.579. The van der Waals surface area contributed by atoms with Crippen LogP contribution in [0.4, 0.5) is 5.00 Å². The maximum Gasteiger partial charge on any atom is 0.499 e. The minimum absolute atomic E-state index is 0.0897. The standard InChI is InChI=1S/C4H4BNO4S/c7-5(8)3-1-2-4(11-3)6(9)10/h1-2,7-8H. The lowest BCUT2D eigenvalue weighted by Crippen LogP contribution is -2.26. The van der Waals surface area contributed by atoms with E-state index in [1.54, 1.807) is 0 Å². The van der Waals surface area contributed by atoms with Crippen molar-refractivity contribution in [3.63, 3.8) is 0 Å². The van der Waals surface area contributed by atoms with Gasteiger partial charge in [0.1, 0.15) is 0 Å². The van der Waals surface area contributed by atoms with Gasteiger partial charge in [-0.05, 0) is 6.07 Å². The summed E-state index contributed by atoms with van der Waals surface area (Å²) in [6.45, 7) is 0. The van der Waals surface area contributed by atoms with Crippen LogP contribution in [0.25, 0.3) is 0 Å². The van der Waals surface area contributed by atoms with Crippen LogP contribution in [-0.2, 0) is 0 Å². The lowest BCUT2D eigenvalue weighted by Gasteiger charge is -1.87. The normalized spacial score (nSPS) is 9.64. The Morgan fingerprint density at radius 3 is 2.45 bits per heavy atom. The molecule has 0 aromatic carbocycles.